The minimum atomic E-state index is -0.482. The molecule has 140 valence electrons. The largest absolute Gasteiger partial charge is 0.457 e. The van der Waals surface area contributed by atoms with Crippen LogP contribution in [0.4, 0.5) is 0 Å². The topological polar surface area (TPSA) is 63.0 Å². The molecule has 0 aliphatic carbocycles. The lowest BCUT2D eigenvalue weighted by atomic mass is 10.0. The Morgan fingerprint density at radius 1 is 1.00 bits per heavy atom. The van der Waals surface area contributed by atoms with Crippen molar-refractivity contribution >= 4 is 28.5 Å². The number of pyridine rings is 1. The predicted octanol–water partition coefficient (Wildman–Crippen LogP) is 5.78. The van der Waals surface area contributed by atoms with Crippen LogP contribution in [0.2, 0.25) is 5.02 Å². The van der Waals surface area contributed by atoms with E-state index < -0.39 is 5.97 Å². The van der Waals surface area contributed by atoms with Crippen molar-refractivity contribution in [1.82, 2.24) is 4.98 Å². The Morgan fingerprint density at radius 3 is 2.55 bits per heavy atom. The summed E-state index contributed by atoms with van der Waals surface area (Å²) in [7, 11) is 0. The summed E-state index contributed by atoms with van der Waals surface area (Å²) in [4.78, 5) is 17.6. The standard InChI is InChI=1S/C24H15ClN2O2/c25-21-11-5-3-10-19(21)23-13-20(18-9-4-6-12-22(18)27-23)24(28)29-15-17-8-2-1-7-16(17)14-26/h1-13H,15H2. The molecule has 3 aromatic carbocycles. The number of hydrogen-bond donors (Lipinski definition) is 0. The van der Waals surface area contributed by atoms with Crippen LogP contribution in [0.15, 0.2) is 78.9 Å². The Kier molecular flexibility index (Phi) is 5.24. The first-order chi connectivity index (χ1) is 14.2. The first-order valence-corrected chi connectivity index (χ1v) is 9.35. The molecular formula is C24H15ClN2O2. The number of fused-ring (bicyclic) bond motifs is 1. The fourth-order valence-corrected chi connectivity index (χ4v) is 3.36. The van der Waals surface area contributed by atoms with Gasteiger partial charge in [0.05, 0.1) is 28.4 Å². The molecule has 5 heteroatoms. The van der Waals surface area contributed by atoms with Crippen LogP contribution < -0.4 is 0 Å². The van der Waals surface area contributed by atoms with Crippen molar-refractivity contribution in [2.45, 2.75) is 6.61 Å². The number of nitriles is 1. The van der Waals surface area contributed by atoms with E-state index in [0.717, 1.165) is 5.56 Å². The van der Waals surface area contributed by atoms with Crippen molar-refractivity contribution in [2.75, 3.05) is 0 Å². The first kappa shape index (κ1) is 18.7. The van der Waals surface area contributed by atoms with E-state index in [2.05, 4.69) is 11.1 Å². The molecule has 0 radical (unpaired) electrons. The number of carbonyl (C=O) groups is 1. The molecular weight excluding hydrogens is 384 g/mol. The number of esters is 1. The maximum Gasteiger partial charge on any atom is 0.339 e. The molecule has 4 nitrogen and oxygen atoms in total. The predicted molar refractivity (Wildman–Crippen MR) is 112 cm³/mol. The summed E-state index contributed by atoms with van der Waals surface area (Å²) >= 11 is 6.33. The van der Waals surface area contributed by atoms with E-state index in [9.17, 15) is 10.1 Å². The van der Waals surface area contributed by atoms with E-state index in [1.165, 1.54) is 0 Å². The number of para-hydroxylation sites is 1. The molecule has 0 amide bonds. The third kappa shape index (κ3) is 3.82. The number of benzene rings is 3. The molecule has 0 unspecified atom stereocenters. The van der Waals surface area contributed by atoms with Crippen molar-refractivity contribution in [2.24, 2.45) is 0 Å². The summed E-state index contributed by atoms with van der Waals surface area (Å²) in [6, 6.07) is 25.6. The van der Waals surface area contributed by atoms with Crippen LogP contribution in [0, 0.1) is 11.3 Å². The average molecular weight is 399 g/mol. The zero-order valence-corrected chi connectivity index (χ0v) is 16.1. The van der Waals surface area contributed by atoms with Gasteiger partial charge >= 0.3 is 5.97 Å². The van der Waals surface area contributed by atoms with E-state index in [1.54, 1.807) is 36.4 Å². The number of carbonyl (C=O) groups excluding carboxylic acids is 1. The molecule has 0 spiro atoms. The van der Waals surface area contributed by atoms with Gasteiger partial charge in [-0.2, -0.15) is 5.26 Å². The Morgan fingerprint density at radius 2 is 1.72 bits per heavy atom. The smallest absolute Gasteiger partial charge is 0.339 e. The van der Waals surface area contributed by atoms with Gasteiger partial charge < -0.3 is 4.74 Å². The Labute approximate surface area is 173 Å². The second-order valence-corrected chi connectivity index (χ2v) is 6.80. The average Bonchev–Trinajstić information content (AvgIpc) is 2.77. The monoisotopic (exact) mass is 398 g/mol. The third-order valence-electron chi connectivity index (χ3n) is 4.58. The molecule has 0 N–H and O–H groups in total. The summed E-state index contributed by atoms with van der Waals surface area (Å²) in [5, 5.41) is 10.5. The molecule has 0 aliphatic heterocycles. The summed E-state index contributed by atoms with van der Waals surface area (Å²) in [6.07, 6.45) is 0. The number of ether oxygens (including phenoxy) is 1. The van der Waals surface area contributed by atoms with E-state index in [1.807, 2.05) is 42.5 Å². The normalized spacial score (nSPS) is 10.5. The highest BCUT2D eigenvalue weighted by Gasteiger charge is 2.17. The quantitative estimate of drug-likeness (QED) is 0.408. The zero-order valence-electron chi connectivity index (χ0n) is 15.3. The number of hydrogen-bond acceptors (Lipinski definition) is 4. The maximum atomic E-state index is 12.9. The van der Waals surface area contributed by atoms with Gasteiger partial charge in [-0.25, -0.2) is 9.78 Å². The minimum Gasteiger partial charge on any atom is -0.457 e. The number of nitrogens with zero attached hydrogens (tertiary/aromatic N) is 2. The highest BCUT2D eigenvalue weighted by molar-refractivity contribution is 6.33. The van der Waals surface area contributed by atoms with Gasteiger partial charge in [-0.1, -0.05) is 66.2 Å². The van der Waals surface area contributed by atoms with Crippen molar-refractivity contribution < 1.29 is 9.53 Å². The number of halogens is 1. The Balaban J connectivity index is 1.73. The fourth-order valence-electron chi connectivity index (χ4n) is 3.13. The van der Waals surface area contributed by atoms with E-state index in [4.69, 9.17) is 16.3 Å². The van der Waals surface area contributed by atoms with E-state index in [0.29, 0.717) is 38.3 Å². The maximum absolute atomic E-state index is 12.9. The second-order valence-electron chi connectivity index (χ2n) is 6.40. The zero-order chi connectivity index (χ0) is 20.2. The summed E-state index contributed by atoms with van der Waals surface area (Å²) < 4.78 is 5.54. The molecule has 1 heterocycles. The van der Waals surface area contributed by atoms with Gasteiger partial charge in [0, 0.05) is 21.5 Å². The minimum absolute atomic E-state index is 0.0145. The van der Waals surface area contributed by atoms with Crippen LogP contribution >= 0.6 is 11.6 Å². The van der Waals surface area contributed by atoms with Crippen LogP contribution in [0.5, 0.6) is 0 Å². The van der Waals surface area contributed by atoms with Gasteiger partial charge in [-0.3, -0.25) is 0 Å². The van der Waals surface area contributed by atoms with Gasteiger partial charge in [-0.05, 0) is 24.3 Å². The molecule has 0 saturated carbocycles. The second kappa shape index (κ2) is 8.14. The molecule has 0 saturated heterocycles. The van der Waals surface area contributed by atoms with Gasteiger partial charge in [0.1, 0.15) is 6.61 Å². The molecule has 29 heavy (non-hydrogen) atoms. The lowest BCUT2D eigenvalue weighted by Gasteiger charge is -2.11. The summed E-state index contributed by atoms with van der Waals surface area (Å²) in [6.45, 7) is 0.0145. The number of aromatic nitrogens is 1. The van der Waals surface area contributed by atoms with Gasteiger partial charge in [-0.15, -0.1) is 0 Å². The van der Waals surface area contributed by atoms with Crippen molar-refractivity contribution in [3.05, 3.63) is 101 Å². The molecule has 1 aromatic heterocycles. The lowest BCUT2D eigenvalue weighted by Crippen LogP contribution is -2.08. The lowest BCUT2D eigenvalue weighted by molar-refractivity contribution is 0.0475. The summed E-state index contributed by atoms with van der Waals surface area (Å²) in [5.74, 6) is -0.482. The van der Waals surface area contributed by atoms with E-state index >= 15 is 0 Å². The molecule has 0 fully saturated rings. The summed E-state index contributed by atoms with van der Waals surface area (Å²) in [5.41, 5.74) is 3.56. The Bertz CT molecular complexity index is 1260. The van der Waals surface area contributed by atoms with Gasteiger partial charge in [0.25, 0.3) is 0 Å². The molecule has 4 rings (SSSR count). The molecule has 4 aromatic rings. The molecule has 0 bridgehead atoms. The van der Waals surface area contributed by atoms with Crippen LogP contribution in [-0.4, -0.2) is 11.0 Å². The third-order valence-corrected chi connectivity index (χ3v) is 4.91. The SMILES string of the molecule is N#Cc1ccccc1COC(=O)c1cc(-c2ccccc2Cl)nc2ccccc12. The van der Waals surface area contributed by atoms with Crippen LogP contribution in [-0.2, 0) is 11.3 Å². The fraction of sp³-hybridized carbons (Fsp3) is 0.0417. The van der Waals surface area contributed by atoms with Gasteiger partial charge in [0.2, 0.25) is 0 Å². The van der Waals surface area contributed by atoms with Crippen LogP contribution in [0.1, 0.15) is 21.5 Å². The Hall–Kier alpha value is -3.68. The highest BCUT2D eigenvalue weighted by atomic mass is 35.5. The molecule has 0 aliphatic rings. The van der Waals surface area contributed by atoms with Crippen molar-refractivity contribution in [1.29, 1.82) is 5.26 Å². The van der Waals surface area contributed by atoms with Crippen LogP contribution in [0.3, 0.4) is 0 Å². The molecule has 0 atom stereocenters. The highest BCUT2D eigenvalue weighted by Crippen LogP contribution is 2.30. The van der Waals surface area contributed by atoms with E-state index in [-0.39, 0.29) is 6.61 Å². The van der Waals surface area contributed by atoms with Crippen LogP contribution in [0.25, 0.3) is 22.2 Å². The first-order valence-electron chi connectivity index (χ1n) is 8.97. The van der Waals surface area contributed by atoms with Crippen molar-refractivity contribution in [3.8, 4) is 17.3 Å². The van der Waals surface area contributed by atoms with Gasteiger partial charge in [0.15, 0.2) is 0 Å². The number of rotatable bonds is 4. The van der Waals surface area contributed by atoms with Crippen molar-refractivity contribution in [3.63, 3.8) is 0 Å².